The highest BCUT2D eigenvalue weighted by Crippen LogP contribution is 2.19. The molecule has 2 aromatic rings. The minimum Gasteiger partial charge on any atom is -0.351 e. The molecule has 3 heteroatoms. The summed E-state index contributed by atoms with van der Waals surface area (Å²) in [7, 11) is 2.00. The summed E-state index contributed by atoms with van der Waals surface area (Å²) in [5, 5.41) is 3.90. The van der Waals surface area contributed by atoms with Gasteiger partial charge in [0, 0.05) is 36.8 Å². The van der Waals surface area contributed by atoms with Crippen LogP contribution in [0.2, 0.25) is 0 Å². The van der Waals surface area contributed by atoms with Gasteiger partial charge < -0.3 is 9.88 Å². The molecule has 2 rings (SSSR count). The molecule has 0 saturated heterocycles. The van der Waals surface area contributed by atoms with Gasteiger partial charge in [-0.15, -0.1) is 0 Å². The first-order valence-electron chi connectivity index (χ1n) is 4.49. The molecular weight excluding hydrogens is 176 g/mol. The summed E-state index contributed by atoms with van der Waals surface area (Å²) in [6.07, 6.45) is 2.00. The summed E-state index contributed by atoms with van der Waals surface area (Å²) >= 11 is 0. The maximum Gasteiger partial charge on any atom is 0.221 e. The first-order chi connectivity index (χ1) is 6.66. The summed E-state index contributed by atoms with van der Waals surface area (Å²) in [6, 6.07) is 7.90. The van der Waals surface area contributed by atoms with Crippen LogP contribution >= 0.6 is 0 Å². The molecule has 1 heterocycles. The fourth-order valence-corrected chi connectivity index (χ4v) is 1.56. The Hall–Kier alpha value is -1.77. The molecule has 0 unspecified atom stereocenters. The Morgan fingerprint density at radius 2 is 2.14 bits per heavy atom. The van der Waals surface area contributed by atoms with Crippen LogP contribution < -0.4 is 5.32 Å². The lowest BCUT2D eigenvalue weighted by atomic mass is 10.2. The summed E-state index contributed by atoms with van der Waals surface area (Å²) in [6.45, 7) is 1.51. The molecule has 0 bridgehead atoms. The van der Waals surface area contributed by atoms with E-state index >= 15 is 0 Å². The van der Waals surface area contributed by atoms with E-state index in [2.05, 4.69) is 5.32 Å². The highest BCUT2D eigenvalue weighted by molar-refractivity contribution is 5.92. The number of carbonyl (C=O) groups excluding carboxylic acids is 1. The second kappa shape index (κ2) is 3.18. The van der Waals surface area contributed by atoms with E-state index in [0.29, 0.717) is 0 Å². The highest BCUT2D eigenvalue weighted by Gasteiger charge is 2.00. The molecule has 0 radical (unpaired) electrons. The van der Waals surface area contributed by atoms with Crippen LogP contribution in [0, 0.1) is 0 Å². The zero-order valence-corrected chi connectivity index (χ0v) is 8.24. The lowest BCUT2D eigenvalue weighted by Gasteiger charge is -2.02. The van der Waals surface area contributed by atoms with E-state index in [4.69, 9.17) is 0 Å². The predicted molar refractivity (Wildman–Crippen MR) is 57.2 cm³/mol. The number of benzene rings is 1. The van der Waals surface area contributed by atoms with Gasteiger partial charge in [0.1, 0.15) is 0 Å². The van der Waals surface area contributed by atoms with E-state index in [1.165, 1.54) is 12.4 Å². The maximum atomic E-state index is 10.8. The number of anilines is 1. The van der Waals surface area contributed by atoms with E-state index < -0.39 is 0 Å². The van der Waals surface area contributed by atoms with Crippen molar-refractivity contribution in [2.75, 3.05) is 5.32 Å². The van der Waals surface area contributed by atoms with Gasteiger partial charge in [-0.2, -0.15) is 0 Å². The normalized spacial score (nSPS) is 10.4. The third-order valence-corrected chi connectivity index (χ3v) is 2.21. The van der Waals surface area contributed by atoms with Crippen LogP contribution in [-0.4, -0.2) is 10.5 Å². The fourth-order valence-electron chi connectivity index (χ4n) is 1.56. The van der Waals surface area contributed by atoms with Gasteiger partial charge in [0.15, 0.2) is 0 Å². The molecule has 1 N–H and O–H groups in total. The minimum absolute atomic E-state index is 0.0414. The van der Waals surface area contributed by atoms with Crippen LogP contribution in [0.4, 0.5) is 5.69 Å². The number of hydrogen-bond acceptors (Lipinski definition) is 1. The molecule has 0 aliphatic carbocycles. The monoisotopic (exact) mass is 188 g/mol. The zero-order chi connectivity index (χ0) is 10.1. The standard InChI is InChI=1S/C11H12N2O/c1-8(14)12-10-3-4-11-9(7-10)5-6-13(11)2/h3-7H,1-2H3,(H,12,14). The Morgan fingerprint density at radius 1 is 1.36 bits per heavy atom. The number of nitrogens with zero attached hydrogens (tertiary/aromatic N) is 1. The minimum atomic E-state index is -0.0414. The highest BCUT2D eigenvalue weighted by atomic mass is 16.1. The van der Waals surface area contributed by atoms with Crippen molar-refractivity contribution in [3.05, 3.63) is 30.5 Å². The summed E-state index contributed by atoms with van der Waals surface area (Å²) in [4.78, 5) is 10.8. The zero-order valence-electron chi connectivity index (χ0n) is 8.24. The number of aryl methyl sites for hydroxylation is 1. The van der Waals surface area contributed by atoms with E-state index in [-0.39, 0.29) is 5.91 Å². The molecule has 0 saturated carbocycles. The van der Waals surface area contributed by atoms with Gasteiger partial charge in [0.2, 0.25) is 5.91 Å². The van der Waals surface area contributed by atoms with Gasteiger partial charge in [0.25, 0.3) is 0 Å². The van der Waals surface area contributed by atoms with E-state index in [9.17, 15) is 4.79 Å². The predicted octanol–water partition coefficient (Wildman–Crippen LogP) is 2.14. The van der Waals surface area contributed by atoms with Crippen LogP contribution in [0.25, 0.3) is 10.9 Å². The molecule has 0 atom stereocenters. The van der Waals surface area contributed by atoms with Crippen molar-refractivity contribution in [3.63, 3.8) is 0 Å². The van der Waals surface area contributed by atoms with Crippen molar-refractivity contribution < 1.29 is 4.79 Å². The van der Waals surface area contributed by atoms with Gasteiger partial charge in [-0.3, -0.25) is 4.79 Å². The average molecular weight is 188 g/mol. The number of nitrogens with one attached hydrogen (secondary N) is 1. The van der Waals surface area contributed by atoms with Crippen molar-refractivity contribution in [1.29, 1.82) is 0 Å². The van der Waals surface area contributed by atoms with Crippen molar-refractivity contribution in [2.45, 2.75) is 6.92 Å². The quantitative estimate of drug-likeness (QED) is 0.730. The van der Waals surface area contributed by atoms with Gasteiger partial charge in [0.05, 0.1) is 0 Å². The van der Waals surface area contributed by atoms with Crippen LogP contribution in [-0.2, 0) is 11.8 Å². The Bertz CT molecular complexity index is 485. The van der Waals surface area contributed by atoms with Crippen LogP contribution in [0.1, 0.15) is 6.92 Å². The topological polar surface area (TPSA) is 34.0 Å². The molecule has 1 aromatic heterocycles. The average Bonchev–Trinajstić information content (AvgIpc) is 2.46. The number of rotatable bonds is 1. The molecule has 0 aliphatic heterocycles. The van der Waals surface area contributed by atoms with E-state index in [1.807, 2.05) is 42.1 Å². The largest absolute Gasteiger partial charge is 0.351 e. The molecule has 0 aliphatic rings. The molecule has 14 heavy (non-hydrogen) atoms. The lowest BCUT2D eigenvalue weighted by Crippen LogP contribution is -2.05. The Balaban J connectivity index is 2.46. The number of aromatic nitrogens is 1. The fraction of sp³-hybridized carbons (Fsp3) is 0.182. The van der Waals surface area contributed by atoms with Crippen molar-refractivity contribution in [3.8, 4) is 0 Å². The number of hydrogen-bond donors (Lipinski definition) is 1. The van der Waals surface area contributed by atoms with Gasteiger partial charge in [-0.1, -0.05) is 0 Å². The van der Waals surface area contributed by atoms with Gasteiger partial charge in [-0.05, 0) is 24.3 Å². The van der Waals surface area contributed by atoms with Gasteiger partial charge in [-0.25, -0.2) is 0 Å². The van der Waals surface area contributed by atoms with E-state index in [0.717, 1.165) is 11.1 Å². The Morgan fingerprint density at radius 3 is 2.86 bits per heavy atom. The lowest BCUT2D eigenvalue weighted by molar-refractivity contribution is -0.114. The van der Waals surface area contributed by atoms with Crippen molar-refractivity contribution in [2.24, 2.45) is 7.05 Å². The third-order valence-electron chi connectivity index (χ3n) is 2.21. The third kappa shape index (κ3) is 1.48. The first-order valence-corrected chi connectivity index (χ1v) is 4.49. The molecule has 0 spiro atoms. The van der Waals surface area contributed by atoms with Gasteiger partial charge >= 0.3 is 0 Å². The second-order valence-corrected chi connectivity index (χ2v) is 3.38. The number of fused-ring (bicyclic) bond motifs is 1. The first kappa shape index (κ1) is 8.81. The Labute approximate surface area is 82.3 Å². The van der Waals surface area contributed by atoms with Crippen molar-refractivity contribution >= 4 is 22.5 Å². The summed E-state index contributed by atoms with van der Waals surface area (Å²) < 4.78 is 2.05. The molecule has 3 nitrogen and oxygen atoms in total. The molecular formula is C11H12N2O. The second-order valence-electron chi connectivity index (χ2n) is 3.38. The summed E-state index contributed by atoms with van der Waals surface area (Å²) in [5.41, 5.74) is 2.01. The van der Waals surface area contributed by atoms with E-state index in [1.54, 1.807) is 0 Å². The molecule has 72 valence electrons. The van der Waals surface area contributed by atoms with Crippen LogP contribution in [0.5, 0.6) is 0 Å². The van der Waals surface area contributed by atoms with Crippen LogP contribution in [0.3, 0.4) is 0 Å². The molecule has 1 aromatic carbocycles. The SMILES string of the molecule is CC(=O)Nc1ccc2c(ccn2C)c1. The smallest absolute Gasteiger partial charge is 0.221 e. The number of amides is 1. The van der Waals surface area contributed by atoms with Crippen molar-refractivity contribution in [1.82, 2.24) is 4.57 Å². The maximum absolute atomic E-state index is 10.8. The molecule has 0 fully saturated rings. The number of carbonyl (C=O) groups is 1. The molecule has 1 amide bonds. The Kier molecular flexibility index (Phi) is 2.00. The summed E-state index contributed by atoms with van der Waals surface area (Å²) in [5.74, 6) is -0.0414. The van der Waals surface area contributed by atoms with Crippen LogP contribution in [0.15, 0.2) is 30.5 Å².